The Labute approximate surface area is 125 Å². The quantitative estimate of drug-likeness (QED) is 0.645. The molecule has 1 aromatic rings. The summed E-state index contributed by atoms with van der Waals surface area (Å²) in [5.41, 5.74) is 0. The van der Waals surface area contributed by atoms with Gasteiger partial charge in [0.1, 0.15) is 0 Å². The fourth-order valence-electron chi connectivity index (χ4n) is 2.45. The van der Waals surface area contributed by atoms with Crippen molar-refractivity contribution in [2.45, 2.75) is 32.0 Å². The lowest BCUT2D eigenvalue weighted by molar-refractivity contribution is 0.0299. The molecule has 1 fully saturated rings. The number of rotatable bonds is 10. The molecule has 0 radical (unpaired) electrons. The van der Waals surface area contributed by atoms with Gasteiger partial charge in [-0.05, 0) is 56.9 Å². The Morgan fingerprint density at radius 1 is 1.40 bits per heavy atom. The number of aliphatic hydroxyl groups is 1. The molecule has 1 atom stereocenters. The van der Waals surface area contributed by atoms with Crippen molar-refractivity contribution in [2.24, 2.45) is 0 Å². The average Bonchev–Trinajstić information content (AvgIpc) is 3.11. The van der Waals surface area contributed by atoms with Crippen molar-refractivity contribution < 1.29 is 9.84 Å². The Morgan fingerprint density at radius 3 is 3.00 bits per heavy atom. The number of hydrogen-bond acceptors (Lipinski definition) is 5. The Hall–Kier alpha value is -0.460. The van der Waals surface area contributed by atoms with E-state index < -0.39 is 6.10 Å². The molecule has 5 heteroatoms. The van der Waals surface area contributed by atoms with E-state index in [1.54, 1.807) is 11.3 Å². The Bertz CT molecular complexity index is 340. The summed E-state index contributed by atoms with van der Waals surface area (Å²) in [5, 5.41) is 15.1. The standard InChI is InChI=1S/C15H26N2O2S/c18-14(12-19-13-15-5-3-10-20-15)11-16-6-4-9-17-7-1-2-8-17/h3,5,10,14,16,18H,1-2,4,6-9,11-13H2. The van der Waals surface area contributed by atoms with Crippen LogP contribution in [0.3, 0.4) is 0 Å². The lowest BCUT2D eigenvalue weighted by Gasteiger charge is -2.15. The number of thiophene rings is 1. The van der Waals surface area contributed by atoms with E-state index >= 15 is 0 Å². The van der Waals surface area contributed by atoms with Gasteiger partial charge in [-0.15, -0.1) is 11.3 Å². The second-order valence-electron chi connectivity index (χ2n) is 5.35. The molecule has 1 aliphatic heterocycles. The van der Waals surface area contributed by atoms with Crippen molar-refractivity contribution in [3.05, 3.63) is 22.4 Å². The highest BCUT2D eigenvalue weighted by molar-refractivity contribution is 7.09. The van der Waals surface area contributed by atoms with Gasteiger partial charge in [0.15, 0.2) is 0 Å². The van der Waals surface area contributed by atoms with Crippen LogP contribution in [0.15, 0.2) is 17.5 Å². The van der Waals surface area contributed by atoms with E-state index in [2.05, 4.69) is 10.2 Å². The van der Waals surface area contributed by atoms with Crippen LogP contribution < -0.4 is 5.32 Å². The third-order valence-corrected chi connectivity index (χ3v) is 4.39. The first-order valence-electron chi connectivity index (χ1n) is 7.56. The topological polar surface area (TPSA) is 44.7 Å². The minimum Gasteiger partial charge on any atom is -0.389 e. The predicted molar refractivity (Wildman–Crippen MR) is 83.1 cm³/mol. The van der Waals surface area contributed by atoms with Gasteiger partial charge in [0.05, 0.1) is 19.3 Å². The number of hydrogen-bond donors (Lipinski definition) is 2. The van der Waals surface area contributed by atoms with E-state index in [4.69, 9.17) is 4.74 Å². The van der Waals surface area contributed by atoms with Gasteiger partial charge >= 0.3 is 0 Å². The molecule has 0 aliphatic carbocycles. The molecule has 0 amide bonds. The minimum atomic E-state index is -0.415. The fraction of sp³-hybridized carbons (Fsp3) is 0.733. The van der Waals surface area contributed by atoms with Crippen LogP contribution in [0, 0.1) is 0 Å². The SMILES string of the molecule is OC(CNCCCN1CCCC1)COCc1cccs1. The molecule has 1 saturated heterocycles. The zero-order valence-corrected chi connectivity index (χ0v) is 12.9. The maximum Gasteiger partial charge on any atom is 0.0897 e. The van der Waals surface area contributed by atoms with E-state index in [0.29, 0.717) is 19.8 Å². The molecule has 2 N–H and O–H groups in total. The Balaban J connectivity index is 1.40. The number of nitrogens with zero attached hydrogens (tertiary/aromatic N) is 1. The molecular weight excluding hydrogens is 272 g/mol. The van der Waals surface area contributed by atoms with Crippen LogP contribution in [-0.4, -0.2) is 55.4 Å². The minimum absolute atomic E-state index is 0.400. The number of nitrogens with one attached hydrogen (secondary N) is 1. The molecular formula is C15H26N2O2S. The fourth-order valence-corrected chi connectivity index (χ4v) is 3.09. The number of aliphatic hydroxyl groups excluding tert-OH is 1. The summed E-state index contributed by atoms with van der Waals surface area (Å²) in [4.78, 5) is 3.72. The Kier molecular flexibility index (Phi) is 7.54. The molecule has 0 saturated carbocycles. The van der Waals surface area contributed by atoms with Gasteiger partial charge < -0.3 is 20.1 Å². The third kappa shape index (κ3) is 6.33. The first-order valence-corrected chi connectivity index (χ1v) is 8.44. The highest BCUT2D eigenvalue weighted by Gasteiger charge is 2.10. The molecule has 114 valence electrons. The zero-order valence-electron chi connectivity index (χ0n) is 12.1. The van der Waals surface area contributed by atoms with Gasteiger partial charge in [0.25, 0.3) is 0 Å². The third-order valence-electron chi connectivity index (χ3n) is 3.54. The van der Waals surface area contributed by atoms with Gasteiger partial charge in [-0.3, -0.25) is 0 Å². The average molecular weight is 298 g/mol. The second-order valence-corrected chi connectivity index (χ2v) is 6.39. The lowest BCUT2D eigenvalue weighted by atomic mass is 10.3. The van der Waals surface area contributed by atoms with Crippen LogP contribution >= 0.6 is 11.3 Å². The summed E-state index contributed by atoms with van der Waals surface area (Å²) in [6.07, 6.45) is 3.45. The highest BCUT2D eigenvalue weighted by Crippen LogP contribution is 2.09. The molecule has 0 spiro atoms. The van der Waals surface area contributed by atoms with Crippen LogP contribution in [0.1, 0.15) is 24.1 Å². The molecule has 1 unspecified atom stereocenters. The smallest absolute Gasteiger partial charge is 0.0897 e. The van der Waals surface area contributed by atoms with Crippen molar-refractivity contribution in [3.8, 4) is 0 Å². The van der Waals surface area contributed by atoms with Gasteiger partial charge in [-0.25, -0.2) is 0 Å². The Morgan fingerprint density at radius 2 is 2.25 bits per heavy atom. The summed E-state index contributed by atoms with van der Waals surface area (Å²) >= 11 is 1.68. The van der Waals surface area contributed by atoms with Crippen molar-refractivity contribution in [1.29, 1.82) is 0 Å². The highest BCUT2D eigenvalue weighted by atomic mass is 32.1. The van der Waals surface area contributed by atoms with Gasteiger partial charge in [0.2, 0.25) is 0 Å². The second kappa shape index (κ2) is 9.47. The summed E-state index contributed by atoms with van der Waals surface area (Å²) in [5.74, 6) is 0. The maximum absolute atomic E-state index is 9.79. The molecule has 4 nitrogen and oxygen atoms in total. The van der Waals surface area contributed by atoms with Crippen LogP contribution in [0.25, 0.3) is 0 Å². The summed E-state index contributed by atoms with van der Waals surface area (Å²) in [7, 11) is 0. The zero-order chi connectivity index (χ0) is 14.0. The van der Waals surface area contributed by atoms with Crippen molar-refractivity contribution >= 4 is 11.3 Å². The van der Waals surface area contributed by atoms with E-state index in [-0.39, 0.29) is 0 Å². The summed E-state index contributed by atoms with van der Waals surface area (Å²) in [6.45, 7) is 6.29. The van der Waals surface area contributed by atoms with E-state index in [0.717, 1.165) is 13.0 Å². The van der Waals surface area contributed by atoms with Crippen molar-refractivity contribution in [2.75, 3.05) is 39.3 Å². The van der Waals surface area contributed by atoms with E-state index in [1.165, 1.54) is 37.4 Å². The summed E-state index contributed by atoms with van der Waals surface area (Å²) in [6, 6.07) is 4.06. The molecule has 20 heavy (non-hydrogen) atoms. The van der Waals surface area contributed by atoms with Gasteiger partial charge in [-0.2, -0.15) is 0 Å². The lowest BCUT2D eigenvalue weighted by Crippen LogP contribution is -2.32. The van der Waals surface area contributed by atoms with Crippen LogP contribution in [0.4, 0.5) is 0 Å². The summed E-state index contributed by atoms with van der Waals surface area (Å²) < 4.78 is 5.49. The van der Waals surface area contributed by atoms with Crippen LogP contribution in [0.2, 0.25) is 0 Å². The van der Waals surface area contributed by atoms with Crippen LogP contribution in [-0.2, 0) is 11.3 Å². The van der Waals surface area contributed by atoms with Gasteiger partial charge in [-0.1, -0.05) is 6.07 Å². The first-order chi connectivity index (χ1) is 9.84. The largest absolute Gasteiger partial charge is 0.389 e. The maximum atomic E-state index is 9.79. The molecule has 1 aliphatic rings. The van der Waals surface area contributed by atoms with Crippen molar-refractivity contribution in [3.63, 3.8) is 0 Å². The van der Waals surface area contributed by atoms with E-state index in [1.807, 2.05) is 17.5 Å². The predicted octanol–water partition coefficient (Wildman–Crippen LogP) is 1.70. The van der Waals surface area contributed by atoms with E-state index in [9.17, 15) is 5.11 Å². The molecule has 0 aromatic carbocycles. The first kappa shape index (κ1) is 15.9. The normalized spacial score (nSPS) is 17.6. The number of ether oxygens (including phenoxy) is 1. The molecule has 2 heterocycles. The molecule has 0 bridgehead atoms. The van der Waals surface area contributed by atoms with Crippen LogP contribution in [0.5, 0.6) is 0 Å². The van der Waals surface area contributed by atoms with Crippen molar-refractivity contribution in [1.82, 2.24) is 10.2 Å². The molecule has 1 aromatic heterocycles. The number of likely N-dealkylation sites (tertiary alicyclic amines) is 1. The molecule has 2 rings (SSSR count). The van der Waals surface area contributed by atoms with Gasteiger partial charge in [0, 0.05) is 11.4 Å². The monoisotopic (exact) mass is 298 g/mol.